The van der Waals surface area contributed by atoms with Crippen molar-refractivity contribution in [2.75, 3.05) is 6.61 Å². The molecule has 0 unspecified atom stereocenters. The van der Waals surface area contributed by atoms with Crippen LogP contribution < -0.4 is 10.5 Å². The molecule has 3 rings (SSSR count). The van der Waals surface area contributed by atoms with Crippen molar-refractivity contribution < 1.29 is 14.3 Å². The maximum absolute atomic E-state index is 12.5. The van der Waals surface area contributed by atoms with E-state index in [0.29, 0.717) is 36.4 Å². The van der Waals surface area contributed by atoms with Crippen LogP contribution in [0.3, 0.4) is 0 Å². The van der Waals surface area contributed by atoms with Gasteiger partial charge < -0.3 is 15.2 Å². The summed E-state index contributed by atoms with van der Waals surface area (Å²) in [6, 6.07) is 9.67. The third-order valence-electron chi connectivity index (χ3n) is 4.58. The summed E-state index contributed by atoms with van der Waals surface area (Å²) in [6.07, 6.45) is 3.99. The third-order valence-corrected chi connectivity index (χ3v) is 4.58. The fraction of sp³-hybridized carbons (Fsp3) is 0.400. The van der Waals surface area contributed by atoms with Crippen molar-refractivity contribution in [3.8, 4) is 11.8 Å². The molecule has 1 atom stereocenters. The van der Waals surface area contributed by atoms with Crippen LogP contribution >= 0.6 is 0 Å². The van der Waals surface area contributed by atoms with Gasteiger partial charge in [-0.25, -0.2) is 0 Å². The molecule has 1 aromatic carbocycles. The van der Waals surface area contributed by atoms with Gasteiger partial charge in [0.05, 0.1) is 12.5 Å². The molecule has 5 nitrogen and oxygen atoms in total. The number of unbranched alkanes of at least 4 members (excludes halogenated alkanes) is 1. The summed E-state index contributed by atoms with van der Waals surface area (Å²) < 4.78 is 11.3. The monoisotopic (exact) mass is 338 g/mol. The van der Waals surface area contributed by atoms with Crippen molar-refractivity contribution in [1.82, 2.24) is 0 Å². The summed E-state index contributed by atoms with van der Waals surface area (Å²) in [5.74, 6) is 1.08. The number of nitrogens with two attached hydrogens (primary N) is 1. The van der Waals surface area contributed by atoms with Gasteiger partial charge in [0, 0.05) is 18.4 Å². The largest absolute Gasteiger partial charge is 0.494 e. The number of benzene rings is 1. The number of ketones is 1. The van der Waals surface area contributed by atoms with Crippen LogP contribution in [0, 0.1) is 11.3 Å². The standard InChI is InChI=1S/C20H22N2O3/c1-2-3-11-24-14-9-7-13(8-10-14)18-15(12-21)20(22)25-17-6-4-5-16(23)19(17)18/h7-10,18H,2-6,11,22H2,1H3/t18-/m0/s1. The lowest BCUT2D eigenvalue weighted by Crippen LogP contribution is -2.27. The Morgan fingerprint density at radius 1 is 1.32 bits per heavy atom. The van der Waals surface area contributed by atoms with Gasteiger partial charge in [-0.05, 0) is 30.5 Å². The summed E-state index contributed by atoms with van der Waals surface area (Å²) in [5, 5.41) is 9.54. The van der Waals surface area contributed by atoms with Crippen LogP contribution in [-0.2, 0) is 9.53 Å². The molecular formula is C20H22N2O3. The van der Waals surface area contributed by atoms with Gasteiger partial charge >= 0.3 is 0 Å². The molecule has 2 aliphatic rings. The summed E-state index contributed by atoms with van der Waals surface area (Å²) in [7, 11) is 0. The Labute approximate surface area is 147 Å². The first kappa shape index (κ1) is 17.1. The Balaban J connectivity index is 1.94. The molecule has 0 radical (unpaired) electrons. The van der Waals surface area contributed by atoms with Gasteiger partial charge in [-0.15, -0.1) is 0 Å². The zero-order valence-electron chi connectivity index (χ0n) is 14.4. The number of rotatable bonds is 5. The number of carbonyl (C=O) groups excluding carboxylic acids is 1. The molecule has 1 aliphatic heterocycles. The molecule has 0 amide bonds. The lowest BCUT2D eigenvalue weighted by molar-refractivity contribution is -0.116. The molecule has 130 valence electrons. The molecule has 0 bridgehead atoms. The average molecular weight is 338 g/mol. The average Bonchev–Trinajstić information content (AvgIpc) is 2.62. The van der Waals surface area contributed by atoms with E-state index in [1.165, 1.54) is 0 Å². The maximum Gasteiger partial charge on any atom is 0.205 e. The second-order valence-electron chi connectivity index (χ2n) is 6.31. The van der Waals surface area contributed by atoms with Gasteiger partial charge in [-0.3, -0.25) is 4.79 Å². The number of hydrogen-bond acceptors (Lipinski definition) is 5. The Kier molecular flexibility index (Phi) is 5.08. The van der Waals surface area contributed by atoms with E-state index in [1.54, 1.807) is 0 Å². The highest BCUT2D eigenvalue weighted by molar-refractivity contribution is 5.99. The summed E-state index contributed by atoms with van der Waals surface area (Å²) in [5.41, 5.74) is 7.68. The van der Waals surface area contributed by atoms with E-state index in [0.717, 1.165) is 30.6 Å². The maximum atomic E-state index is 12.5. The molecule has 0 aromatic heterocycles. The minimum Gasteiger partial charge on any atom is -0.494 e. The summed E-state index contributed by atoms with van der Waals surface area (Å²) in [6.45, 7) is 2.79. The smallest absolute Gasteiger partial charge is 0.205 e. The van der Waals surface area contributed by atoms with Crippen LogP contribution in [0.15, 0.2) is 47.1 Å². The van der Waals surface area contributed by atoms with E-state index in [-0.39, 0.29) is 11.7 Å². The SMILES string of the molecule is CCCCOc1ccc([C@H]2C(C#N)=C(N)OC3=C2C(=O)CCC3)cc1. The van der Waals surface area contributed by atoms with E-state index in [9.17, 15) is 10.1 Å². The Morgan fingerprint density at radius 3 is 2.76 bits per heavy atom. The number of allylic oxidation sites excluding steroid dienone is 3. The number of hydrogen-bond donors (Lipinski definition) is 1. The number of nitrogens with zero attached hydrogens (tertiary/aromatic N) is 1. The zero-order chi connectivity index (χ0) is 17.8. The molecule has 0 fully saturated rings. The number of Topliss-reactive ketones (excluding diaryl/α,β-unsaturated/α-hetero) is 1. The van der Waals surface area contributed by atoms with Gasteiger partial charge in [0.25, 0.3) is 0 Å². The van der Waals surface area contributed by atoms with Crippen molar-refractivity contribution >= 4 is 5.78 Å². The van der Waals surface area contributed by atoms with Gasteiger partial charge in [0.15, 0.2) is 5.78 Å². The first-order valence-corrected chi connectivity index (χ1v) is 8.72. The van der Waals surface area contributed by atoms with E-state index in [4.69, 9.17) is 15.2 Å². The quantitative estimate of drug-likeness (QED) is 0.828. The third kappa shape index (κ3) is 3.39. The summed E-state index contributed by atoms with van der Waals surface area (Å²) >= 11 is 0. The van der Waals surface area contributed by atoms with Crippen LogP contribution in [-0.4, -0.2) is 12.4 Å². The van der Waals surface area contributed by atoms with Gasteiger partial charge in [-0.1, -0.05) is 25.5 Å². The van der Waals surface area contributed by atoms with Crippen molar-refractivity contribution in [1.29, 1.82) is 5.26 Å². The van der Waals surface area contributed by atoms with Crippen LogP contribution in [0.5, 0.6) is 5.75 Å². The normalized spacial score (nSPS) is 20.0. The highest BCUT2D eigenvalue weighted by Gasteiger charge is 2.37. The molecule has 1 aromatic rings. The number of nitriles is 1. The minimum absolute atomic E-state index is 0.0368. The Morgan fingerprint density at radius 2 is 2.08 bits per heavy atom. The second kappa shape index (κ2) is 7.43. The van der Waals surface area contributed by atoms with Gasteiger partial charge in [-0.2, -0.15) is 5.26 Å². The fourth-order valence-electron chi connectivity index (χ4n) is 3.28. The molecule has 25 heavy (non-hydrogen) atoms. The van der Waals surface area contributed by atoms with E-state index < -0.39 is 5.92 Å². The van der Waals surface area contributed by atoms with E-state index in [1.807, 2.05) is 24.3 Å². The van der Waals surface area contributed by atoms with Crippen molar-refractivity contribution in [2.24, 2.45) is 5.73 Å². The second-order valence-corrected chi connectivity index (χ2v) is 6.31. The van der Waals surface area contributed by atoms with Gasteiger partial charge in [0.1, 0.15) is 23.2 Å². The molecule has 5 heteroatoms. The van der Waals surface area contributed by atoms with Crippen LogP contribution in [0.25, 0.3) is 0 Å². The Bertz CT molecular complexity index is 769. The molecule has 0 saturated carbocycles. The van der Waals surface area contributed by atoms with Crippen LogP contribution in [0.2, 0.25) is 0 Å². The molecule has 1 aliphatic carbocycles. The number of carbonyl (C=O) groups is 1. The first-order chi connectivity index (χ1) is 12.2. The molecule has 0 saturated heterocycles. The van der Waals surface area contributed by atoms with Crippen molar-refractivity contribution in [3.05, 3.63) is 52.6 Å². The molecule has 1 heterocycles. The lowest BCUT2D eigenvalue weighted by Gasteiger charge is -2.31. The van der Waals surface area contributed by atoms with Crippen LogP contribution in [0.4, 0.5) is 0 Å². The minimum atomic E-state index is -0.453. The molecular weight excluding hydrogens is 316 g/mol. The zero-order valence-corrected chi connectivity index (χ0v) is 14.4. The predicted octanol–water partition coefficient (Wildman–Crippen LogP) is 3.68. The lowest BCUT2D eigenvalue weighted by atomic mass is 9.77. The predicted molar refractivity (Wildman–Crippen MR) is 93.4 cm³/mol. The van der Waals surface area contributed by atoms with E-state index in [2.05, 4.69) is 13.0 Å². The first-order valence-electron chi connectivity index (χ1n) is 8.72. The summed E-state index contributed by atoms with van der Waals surface area (Å²) in [4.78, 5) is 12.5. The van der Waals surface area contributed by atoms with Crippen molar-refractivity contribution in [3.63, 3.8) is 0 Å². The molecule has 0 spiro atoms. The highest BCUT2D eigenvalue weighted by atomic mass is 16.5. The number of ether oxygens (including phenoxy) is 2. The van der Waals surface area contributed by atoms with E-state index >= 15 is 0 Å². The molecule has 2 N–H and O–H groups in total. The van der Waals surface area contributed by atoms with Crippen molar-refractivity contribution in [2.45, 2.75) is 44.9 Å². The van der Waals surface area contributed by atoms with Crippen LogP contribution in [0.1, 0.15) is 50.5 Å². The highest BCUT2D eigenvalue weighted by Crippen LogP contribution is 2.43. The topological polar surface area (TPSA) is 85.3 Å². The van der Waals surface area contributed by atoms with Gasteiger partial charge in [0.2, 0.25) is 5.88 Å². The Hall–Kier alpha value is -2.74. The fourth-order valence-corrected chi connectivity index (χ4v) is 3.28.